The third-order valence-electron chi connectivity index (χ3n) is 2.12. The number of anilines is 1. The summed E-state index contributed by atoms with van der Waals surface area (Å²) in [4.78, 5) is 11.5. The van der Waals surface area contributed by atoms with E-state index in [2.05, 4.69) is 0 Å². The molecule has 0 aromatic heterocycles. The molecular weight excluding hydrogens is 192 g/mol. The van der Waals surface area contributed by atoms with E-state index in [1.54, 1.807) is 24.3 Å². The number of rotatable bonds is 3. The van der Waals surface area contributed by atoms with Gasteiger partial charge in [0, 0.05) is 0 Å². The first kappa shape index (κ1) is 11.5. The van der Waals surface area contributed by atoms with Crippen LogP contribution in [0.3, 0.4) is 0 Å². The number of carbonyl (C=O) groups excluding carboxylic acids is 1. The minimum Gasteiger partial charge on any atom is -0.423 e. The Morgan fingerprint density at radius 2 is 1.93 bits per heavy atom. The summed E-state index contributed by atoms with van der Waals surface area (Å²) in [6.07, 6.45) is 0. The summed E-state index contributed by atoms with van der Waals surface area (Å²) in [5.74, 6) is -0.0519. The first-order valence-corrected chi connectivity index (χ1v) is 4.84. The number of benzene rings is 1. The average molecular weight is 208 g/mol. The lowest BCUT2D eigenvalue weighted by Crippen LogP contribution is -2.38. The zero-order chi connectivity index (χ0) is 11.4. The molecule has 0 radical (unpaired) electrons. The summed E-state index contributed by atoms with van der Waals surface area (Å²) in [6, 6.07) is 6.21. The van der Waals surface area contributed by atoms with Crippen molar-refractivity contribution in [2.45, 2.75) is 19.9 Å². The van der Waals surface area contributed by atoms with Gasteiger partial charge in [-0.2, -0.15) is 0 Å². The summed E-state index contributed by atoms with van der Waals surface area (Å²) in [5.41, 5.74) is 11.7. The molecule has 0 amide bonds. The maximum absolute atomic E-state index is 11.5. The Morgan fingerprint density at radius 1 is 1.33 bits per heavy atom. The smallest absolute Gasteiger partial charge is 0.328 e. The fourth-order valence-electron chi connectivity index (χ4n) is 1.02. The van der Waals surface area contributed by atoms with E-state index in [4.69, 9.17) is 16.2 Å². The van der Waals surface area contributed by atoms with Gasteiger partial charge in [0.1, 0.15) is 6.04 Å². The topological polar surface area (TPSA) is 78.3 Å². The first-order valence-electron chi connectivity index (χ1n) is 4.84. The van der Waals surface area contributed by atoms with E-state index in [0.717, 1.165) is 0 Å². The number of ether oxygens (including phenoxy) is 1. The van der Waals surface area contributed by atoms with Gasteiger partial charge in [-0.15, -0.1) is 0 Å². The number of hydrogen-bond donors (Lipinski definition) is 2. The van der Waals surface area contributed by atoms with Crippen LogP contribution in [0.15, 0.2) is 24.3 Å². The molecule has 4 N–H and O–H groups in total. The van der Waals surface area contributed by atoms with Crippen LogP contribution >= 0.6 is 0 Å². The fourth-order valence-corrected chi connectivity index (χ4v) is 1.02. The van der Waals surface area contributed by atoms with Crippen molar-refractivity contribution in [2.75, 3.05) is 5.73 Å². The maximum Gasteiger partial charge on any atom is 0.328 e. The maximum atomic E-state index is 11.5. The van der Waals surface area contributed by atoms with Gasteiger partial charge in [0.2, 0.25) is 0 Å². The highest BCUT2D eigenvalue weighted by molar-refractivity contribution is 5.79. The van der Waals surface area contributed by atoms with Crippen molar-refractivity contribution in [3.8, 4) is 5.75 Å². The van der Waals surface area contributed by atoms with Gasteiger partial charge in [0.05, 0.1) is 5.69 Å². The van der Waals surface area contributed by atoms with E-state index < -0.39 is 12.0 Å². The van der Waals surface area contributed by atoms with Gasteiger partial charge in [-0.05, 0) is 18.1 Å². The Bertz CT molecular complexity index is 350. The molecule has 0 fully saturated rings. The van der Waals surface area contributed by atoms with Crippen molar-refractivity contribution >= 4 is 11.7 Å². The van der Waals surface area contributed by atoms with E-state index in [9.17, 15) is 4.79 Å². The van der Waals surface area contributed by atoms with Gasteiger partial charge in [0.15, 0.2) is 5.75 Å². The number of nitrogen functional groups attached to an aromatic ring is 1. The average Bonchev–Trinajstić information content (AvgIpc) is 2.20. The Morgan fingerprint density at radius 3 is 2.47 bits per heavy atom. The highest BCUT2D eigenvalue weighted by Gasteiger charge is 2.19. The SMILES string of the molecule is CC(C)C(N)C(=O)Oc1ccccc1N. The van der Waals surface area contributed by atoms with E-state index in [-0.39, 0.29) is 5.92 Å². The lowest BCUT2D eigenvalue weighted by molar-refractivity contribution is -0.136. The summed E-state index contributed by atoms with van der Waals surface area (Å²) < 4.78 is 5.08. The second kappa shape index (κ2) is 4.79. The van der Waals surface area contributed by atoms with Crippen LogP contribution in [0.5, 0.6) is 5.75 Å². The van der Waals surface area contributed by atoms with Crippen LogP contribution in [0.2, 0.25) is 0 Å². The van der Waals surface area contributed by atoms with Crippen LogP contribution in [0.4, 0.5) is 5.69 Å². The van der Waals surface area contributed by atoms with E-state index >= 15 is 0 Å². The zero-order valence-electron chi connectivity index (χ0n) is 8.94. The van der Waals surface area contributed by atoms with Crippen molar-refractivity contribution < 1.29 is 9.53 Å². The second-order valence-corrected chi connectivity index (χ2v) is 3.73. The fraction of sp³-hybridized carbons (Fsp3) is 0.364. The molecule has 1 unspecified atom stereocenters. The molecule has 0 aliphatic rings. The molecular formula is C11H16N2O2. The van der Waals surface area contributed by atoms with Crippen LogP contribution in [0.25, 0.3) is 0 Å². The van der Waals surface area contributed by atoms with Crippen molar-refractivity contribution in [3.63, 3.8) is 0 Å². The second-order valence-electron chi connectivity index (χ2n) is 3.73. The Hall–Kier alpha value is -1.55. The zero-order valence-corrected chi connectivity index (χ0v) is 8.94. The monoisotopic (exact) mass is 208 g/mol. The molecule has 0 bridgehead atoms. The molecule has 1 aromatic rings. The standard InChI is InChI=1S/C11H16N2O2/c1-7(2)10(13)11(14)15-9-6-4-3-5-8(9)12/h3-7,10H,12-13H2,1-2H3. The predicted molar refractivity (Wildman–Crippen MR) is 59.3 cm³/mol. The van der Waals surface area contributed by atoms with Crippen LogP contribution in [0.1, 0.15) is 13.8 Å². The third kappa shape index (κ3) is 2.95. The highest BCUT2D eigenvalue weighted by Crippen LogP contribution is 2.20. The highest BCUT2D eigenvalue weighted by atomic mass is 16.5. The van der Waals surface area contributed by atoms with Gasteiger partial charge in [-0.1, -0.05) is 26.0 Å². The van der Waals surface area contributed by atoms with Crippen LogP contribution in [-0.4, -0.2) is 12.0 Å². The lowest BCUT2D eigenvalue weighted by Gasteiger charge is -2.14. The molecule has 0 saturated heterocycles. The lowest BCUT2D eigenvalue weighted by atomic mass is 10.1. The summed E-state index contributed by atoms with van der Waals surface area (Å²) >= 11 is 0. The number of esters is 1. The van der Waals surface area contributed by atoms with Crippen molar-refractivity contribution in [2.24, 2.45) is 11.7 Å². The van der Waals surface area contributed by atoms with E-state index in [1.165, 1.54) is 0 Å². The molecule has 1 rings (SSSR count). The van der Waals surface area contributed by atoms with E-state index in [0.29, 0.717) is 11.4 Å². The molecule has 4 nitrogen and oxygen atoms in total. The molecule has 0 spiro atoms. The third-order valence-corrected chi connectivity index (χ3v) is 2.12. The molecule has 0 heterocycles. The normalized spacial score (nSPS) is 12.5. The molecule has 82 valence electrons. The van der Waals surface area contributed by atoms with Gasteiger partial charge in [-0.25, -0.2) is 4.79 Å². The van der Waals surface area contributed by atoms with E-state index in [1.807, 2.05) is 13.8 Å². The molecule has 4 heteroatoms. The molecule has 0 aliphatic carbocycles. The van der Waals surface area contributed by atoms with Crippen molar-refractivity contribution in [1.82, 2.24) is 0 Å². The summed E-state index contributed by atoms with van der Waals surface area (Å²) in [7, 11) is 0. The van der Waals surface area contributed by atoms with Gasteiger partial charge >= 0.3 is 5.97 Å². The molecule has 1 aromatic carbocycles. The minimum atomic E-state index is -0.621. The summed E-state index contributed by atoms with van der Waals surface area (Å²) in [5, 5.41) is 0. The number of para-hydroxylation sites is 2. The van der Waals surface area contributed by atoms with Crippen LogP contribution in [0, 0.1) is 5.92 Å². The number of nitrogens with two attached hydrogens (primary N) is 2. The van der Waals surface area contributed by atoms with Gasteiger partial charge in [-0.3, -0.25) is 0 Å². The molecule has 15 heavy (non-hydrogen) atoms. The Balaban J connectivity index is 2.71. The molecule has 0 saturated carbocycles. The van der Waals surface area contributed by atoms with Crippen molar-refractivity contribution in [3.05, 3.63) is 24.3 Å². The largest absolute Gasteiger partial charge is 0.423 e. The minimum absolute atomic E-state index is 0.0439. The predicted octanol–water partition coefficient (Wildman–Crippen LogP) is 1.16. The van der Waals surface area contributed by atoms with Crippen LogP contribution < -0.4 is 16.2 Å². The number of carbonyl (C=O) groups is 1. The quantitative estimate of drug-likeness (QED) is 0.444. The van der Waals surface area contributed by atoms with Crippen LogP contribution in [-0.2, 0) is 4.79 Å². The van der Waals surface area contributed by atoms with Crippen molar-refractivity contribution in [1.29, 1.82) is 0 Å². The molecule has 0 aliphatic heterocycles. The summed E-state index contributed by atoms with van der Waals surface area (Å²) in [6.45, 7) is 3.72. The molecule has 1 atom stereocenters. The first-order chi connectivity index (χ1) is 7.02. The van der Waals surface area contributed by atoms with Gasteiger partial charge in [0.25, 0.3) is 0 Å². The Labute approximate surface area is 89.2 Å². The van der Waals surface area contributed by atoms with Gasteiger partial charge < -0.3 is 16.2 Å². The number of hydrogen-bond acceptors (Lipinski definition) is 4. The Kier molecular flexibility index (Phi) is 3.68.